The first kappa shape index (κ1) is 30.2. The van der Waals surface area contributed by atoms with Gasteiger partial charge in [0, 0.05) is 29.1 Å². The molecule has 0 atom stereocenters. The van der Waals surface area contributed by atoms with Crippen LogP contribution in [0.1, 0.15) is 25.0 Å². The van der Waals surface area contributed by atoms with Gasteiger partial charge < -0.3 is 14.4 Å². The summed E-state index contributed by atoms with van der Waals surface area (Å²) in [5.74, 6) is 2.40. The molecule has 4 heterocycles. The highest BCUT2D eigenvalue weighted by Gasteiger charge is 2.44. The van der Waals surface area contributed by atoms with Crippen molar-refractivity contribution in [3.8, 4) is 22.9 Å². The summed E-state index contributed by atoms with van der Waals surface area (Å²) in [6.45, 7) is 4.45. The van der Waals surface area contributed by atoms with Gasteiger partial charge in [0.2, 0.25) is 0 Å². The van der Waals surface area contributed by atoms with E-state index in [0.29, 0.717) is 0 Å². The van der Waals surface area contributed by atoms with Gasteiger partial charge in [-0.05, 0) is 77.3 Å². The molecule has 8 aromatic rings. The second-order valence-corrected chi connectivity index (χ2v) is 13.9. The number of pyridine rings is 1. The zero-order chi connectivity index (χ0) is 34.8. The molecule has 10 rings (SSSR count). The molecule has 7 heteroatoms. The second-order valence-electron chi connectivity index (χ2n) is 13.9. The monoisotopic (exact) mass is 671 g/mol. The van der Waals surface area contributed by atoms with Gasteiger partial charge in [-0.1, -0.05) is 111 Å². The first-order chi connectivity index (χ1) is 25.6. The third-order valence-corrected chi connectivity index (χ3v) is 10.5. The van der Waals surface area contributed by atoms with Gasteiger partial charge >= 0.3 is 6.98 Å². The Morgan fingerprint density at radius 1 is 0.615 bits per heavy atom. The molecule has 52 heavy (non-hydrogen) atoms. The molecule has 0 amide bonds. The molecule has 2 aliphatic rings. The Labute approximate surface area is 303 Å². The van der Waals surface area contributed by atoms with Gasteiger partial charge in [-0.15, -0.1) is 0 Å². The average Bonchev–Trinajstić information content (AvgIpc) is 3.76. The molecule has 0 N–H and O–H groups in total. The van der Waals surface area contributed by atoms with Crippen LogP contribution in [0.25, 0.3) is 22.4 Å². The van der Waals surface area contributed by atoms with E-state index >= 15 is 0 Å². The highest BCUT2D eigenvalue weighted by molar-refractivity contribution is 6.84. The highest BCUT2D eigenvalue weighted by atomic mass is 16.5. The van der Waals surface area contributed by atoms with Crippen LogP contribution in [0.2, 0.25) is 0 Å². The SMILES string of the molecule is CC1(C)c2ccc(Oc3cccc(N4B(c5ccccc5)N(c5ccccc5)c5cccnc54)c3)cc2-n2[c-][n+](-c3ccccc3)c3cccc1c32. The van der Waals surface area contributed by atoms with Crippen molar-refractivity contribution in [2.45, 2.75) is 19.3 Å². The molecule has 2 aromatic heterocycles. The highest BCUT2D eigenvalue weighted by Crippen LogP contribution is 2.47. The normalized spacial score (nSPS) is 14.0. The van der Waals surface area contributed by atoms with Crippen LogP contribution in [0.15, 0.2) is 170 Å². The largest absolute Gasteiger partial charge is 0.458 e. The van der Waals surface area contributed by atoms with Crippen molar-refractivity contribution in [3.63, 3.8) is 0 Å². The molecule has 0 saturated carbocycles. The van der Waals surface area contributed by atoms with Crippen LogP contribution in [0.4, 0.5) is 22.9 Å². The molecule has 0 unspecified atom stereocenters. The number of aromatic nitrogens is 3. The predicted octanol–water partition coefficient (Wildman–Crippen LogP) is 9.22. The summed E-state index contributed by atoms with van der Waals surface area (Å²) in [7, 11) is 0. The molecular formula is C45H34BN5O. The lowest BCUT2D eigenvalue weighted by molar-refractivity contribution is -0.572. The van der Waals surface area contributed by atoms with E-state index in [-0.39, 0.29) is 12.4 Å². The fourth-order valence-electron chi connectivity index (χ4n) is 8.05. The fraction of sp³-hybridized carbons (Fsp3) is 0.0667. The van der Waals surface area contributed by atoms with E-state index in [1.165, 1.54) is 11.1 Å². The average molecular weight is 672 g/mol. The molecule has 0 saturated heterocycles. The zero-order valence-electron chi connectivity index (χ0n) is 28.9. The standard InChI is InChI=1S/C45H34BN5O/c1-45(2)38-27-26-37(30-42(38)49-31-48(33-17-8-4-9-18-33)40-24-13-23-39(45)43(40)49)52-36-22-12-21-35(29-36)51-44-41(25-14-28-47-44)50(34-19-10-5-11-20-34)46(51)32-15-6-3-7-16-32/h3-30H,1-2H3. The minimum atomic E-state index is -0.211. The maximum absolute atomic E-state index is 6.73. The van der Waals surface area contributed by atoms with Gasteiger partial charge in [-0.3, -0.25) is 9.13 Å². The summed E-state index contributed by atoms with van der Waals surface area (Å²) in [5.41, 5.74) is 11.0. The van der Waals surface area contributed by atoms with Gasteiger partial charge in [-0.2, -0.15) is 0 Å². The van der Waals surface area contributed by atoms with Crippen molar-refractivity contribution < 1.29 is 9.30 Å². The maximum Gasteiger partial charge on any atom is 0.421 e. The number of fused-ring (bicyclic) bond motifs is 3. The van der Waals surface area contributed by atoms with E-state index in [9.17, 15) is 0 Å². The quantitative estimate of drug-likeness (QED) is 0.100. The van der Waals surface area contributed by atoms with Crippen LogP contribution in [-0.2, 0) is 5.41 Å². The molecule has 0 bridgehead atoms. The number of para-hydroxylation sites is 3. The number of benzene rings is 6. The van der Waals surface area contributed by atoms with E-state index in [1.807, 2.05) is 24.4 Å². The Kier molecular flexibility index (Phi) is 6.83. The molecule has 0 radical (unpaired) electrons. The van der Waals surface area contributed by atoms with Crippen LogP contribution in [-0.4, -0.2) is 16.5 Å². The Balaban J connectivity index is 1.06. The van der Waals surface area contributed by atoms with Gasteiger partial charge in [0.25, 0.3) is 6.33 Å². The number of nitrogens with zero attached hydrogens (tertiary/aromatic N) is 5. The molecule has 6 aromatic carbocycles. The topological polar surface area (TPSA) is 37.4 Å². The number of hydrogen-bond donors (Lipinski definition) is 0. The first-order valence-corrected chi connectivity index (χ1v) is 17.7. The summed E-state index contributed by atoms with van der Waals surface area (Å²) < 4.78 is 11.1. The smallest absolute Gasteiger partial charge is 0.421 e. The summed E-state index contributed by atoms with van der Waals surface area (Å²) in [6.07, 6.45) is 5.55. The van der Waals surface area contributed by atoms with Gasteiger partial charge in [0.05, 0.1) is 28.1 Å². The first-order valence-electron chi connectivity index (χ1n) is 17.7. The van der Waals surface area contributed by atoms with Crippen molar-refractivity contribution in [1.29, 1.82) is 0 Å². The van der Waals surface area contributed by atoms with Crippen LogP contribution in [0, 0.1) is 6.33 Å². The van der Waals surface area contributed by atoms with Crippen molar-refractivity contribution in [2.75, 3.05) is 9.62 Å². The molecule has 6 nitrogen and oxygen atoms in total. The minimum absolute atomic E-state index is 0.155. The van der Waals surface area contributed by atoms with E-state index in [1.54, 1.807) is 0 Å². The number of rotatable bonds is 6. The van der Waals surface area contributed by atoms with Crippen LogP contribution in [0.5, 0.6) is 11.5 Å². The van der Waals surface area contributed by atoms with Crippen molar-refractivity contribution in [1.82, 2.24) is 9.55 Å². The number of imidazole rings is 1. The summed E-state index contributed by atoms with van der Waals surface area (Å²) in [4.78, 5) is 9.62. The molecular weight excluding hydrogens is 637 g/mol. The lowest BCUT2D eigenvalue weighted by Crippen LogP contribution is -2.53. The number of hydrogen-bond acceptors (Lipinski definition) is 4. The van der Waals surface area contributed by atoms with E-state index in [2.05, 4.69) is 185 Å². The van der Waals surface area contributed by atoms with Gasteiger partial charge in [0.15, 0.2) is 0 Å². The Bertz CT molecular complexity index is 2610. The molecule has 248 valence electrons. The van der Waals surface area contributed by atoms with Gasteiger partial charge in [0.1, 0.15) is 17.3 Å². The van der Waals surface area contributed by atoms with Gasteiger partial charge in [-0.25, -0.2) is 4.98 Å². The zero-order valence-corrected chi connectivity index (χ0v) is 28.9. The lowest BCUT2D eigenvalue weighted by Gasteiger charge is -2.34. The van der Waals surface area contributed by atoms with Crippen LogP contribution in [0.3, 0.4) is 0 Å². The number of ether oxygens (including phenoxy) is 1. The van der Waals surface area contributed by atoms with Crippen molar-refractivity contribution in [3.05, 3.63) is 187 Å². The Morgan fingerprint density at radius 2 is 1.33 bits per heavy atom. The van der Waals surface area contributed by atoms with Crippen molar-refractivity contribution in [2.24, 2.45) is 0 Å². The third-order valence-electron chi connectivity index (χ3n) is 10.5. The maximum atomic E-state index is 6.73. The lowest BCUT2D eigenvalue weighted by atomic mass is 9.64. The van der Waals surface area contributed by atoms with Crippen LogP contribution < -0.4 is 24.4 Å². The second kappa shape index (κ2) is 11.7. The molecule has 0 spiro atoms. The van der Waals surface area contributed by atoms with E-state index < -0.39 is 0 Å². The minimum Gasteiger partial charge on any atom is -0.458 e. The van der Waals surface area contributed by atoms with E-state index in [4.69, 9.17) is 9.72 Å². The van der Waals surface area contributed by atoms with E-state index in [0.717, 1.165) is 62.3 Å². The fourth-order valence-corrected chi connectivity index (χ4v) is 8.05. The molecule has 0 fully saturated rings. The number of anilines is 4. The summed E-state index contributed by atoms with van der Waals surface area (Å²) in [6, 6.07) is 57.1. The van der Waals surface area contributed by atoms with Crippen molar-refractivity contribution >= 4 is 46.4 Å². The Hall–Kier alpha value is -6.60. The predicted molar refractivity (Wildman–Crippen MR) is 209 cm³/mol. The third kappa shape index (κ3) is 4.66. The van der Waals surface area contributed by atoms with Crippen LogP contribution >= 0.6 is 0 Å². The summed E-state index contributed by atoms with van der Waals surface area (Å²) in [5, 5.41) is 0. The summed E-state index contributed by atoms with van der Waals surface area (Å²) >= 11 is 0. The Morgan fingerprint density at radius 3 is 2.13 bits per heavy atom. The molecule has 0 aliphatic carbocycles. The molecule has 2 aliphatic heterocycles.